The fourth-order valence-corrected chi connectivity index (χ4v) is 3.53. The number of hydrogen-bond donors (Lipinski definition) is 1. The number of aromatic nitrogens is 1. The number of pyridine rings is 1. The molecule has 0 bridgehead atoms. The molecular weight excluding hydrogens is 666 g/mol. The summed E-state index contributed by atoms with van der Waals surface area (Å²) in [6.45, 7) is 8.04. The number of carbonyl (C=O) groups excluding carboxylic acids is 1. The number of nitrogens with zero attached hydrogens (tertiary/aromatic N) is 1. The van der Waals surface area contributed by atoms with Crippen molar-refractivity contribution >= 4 is 38.2 Å². The molecule has 5 heteroatoms. The normalized spacial score (nSPS) is 11.3. The zero-order chi connectivity index (χ0) is 24.0. The molecule has 0 saturated heterocycles. The molecule has 177 valence electrons. The maximum Gasteiger partial charge on any atom is 0.156 e. The molecule has 4 rings (SSSR count). The average Bonchev–Trinajstić information content (AvgIpc) is 2.78. The van der Waals surface area contributed by atoms with Crippen molar-refractivity contribution in [2.45, 2.75) is 33.1 Å². The van der Waals surface area contributed by atoms with Crippen molar-refractivity contribution in [2.24, 2.45) is 0 Å². The van der Waals surface area contributed by atoms with Gasteiger partial charge in [-0.3, -0.25) is 4.79 Å². The Balaban J connectivity index is 0.000000256. The van der Waals surface area contributed by atoms with Crippen LogP contribution < -0.4 is 0 Å². The van der Waals surface area contributed by atoms with Crippen LogP contribution in [0.15, 0.2) is 89.5 Å². The number of carbonyl (C=O) groups is 1. The molecule has 0 aliphatic heterocycles. The molecule has 0 aliphatic carbocycles. The van der Waals surface area contributed by atoms with Crippen molar-refractivity contribution in [2.75, 3.05) is 0 Å². The van der Waals surface area contributed by atoms with Crippen molar-refractivity contribution < 1.29 is 30.0 Å². The number of rotatable bonds is 3. The van der Waals surface area contributed by atoms with E-state index < -0.39 is 0 Å². The second-order valence-corrected chi connectivity index (χ2v) is 9.68. The first-order valence-electron chi connectivity index (χ1n) is 10.7. The second kappa shape index (κ2) is 12.2. The predicted octanol–water partition coefficient (Wildman–Crippen LogP) is 7.93. The number of aliphatic hydroxyl groups is 1. The van der Waals surface area contributed by atoms with Gasteiger partial charge in [0.15, 0.2) is 5.78 Å². The van der Waals surface area contributed by atoms with Gasteiger partial charge < -0.3 is 10.1 Å². The van der Waals surface area contributed by atoms with Crippen LogP contribution in [-0.4, -0.2) is 15.9 Å². The van der Waals surface area contributed by atoms with E-state index in [2.05, 4.69) is 90.2 Å². The van der Waals surface area contributed by atoms with Gasteiger partial charge in [0, 0.05) is 42.4 Å². The Morgan fingerprint density at radius 2 is 1.68 bits per heavy atom. The van der Waals surface area contributed by atoms with Gasteiger partial charge in [0.2, 0.25) is 0 Å². The molecule has 3 aromatic carbocycles. The van der Waals surface area contributed by atoms with Gasteiger partial charge in [0.1, 0.15) is 5.76 Å². The minimum absolute atomic E-state index is 0. The van der Waals surface area contributed by atoms with E-state index in [0.29, 0.717) is 5.56 Å². The largest absolute Gasteiger partial charge is 0.507 e. The monoisotopic (exact) mass is 693 g/mol. The van der Waals surface area contributed by atoms with Crippen molar-refractivity contribution in [1.29, 1.82) is 0 Å². The van der Waals surface area contributed by atoms with Gasteiger partial charge >= 0.3 is 0 Å². The van der Waals surface area contributed by atoms with Crippen LogP contribution in [0.4, 0.5) is 0 Å². The third-order valence-electron chi connectivity index (χ3n) is 5.09. The van der Waals surface area contributed by atoms with Crippen LogP contribution in [0.25, 0.3) is 27.8 Å². The Bertz CT molecular complexity index is 1270. The summed E-state index contributed by atoms with van der Waals surface area (Å²) < 4.78 is 0.937. The van der Waals surface area contributed by atoms with Crippen LogP contribution in [-0.2, 0) is 30.3 Å². The molecule has 1 N–H and O–H groups in total. The predicted molar refractivity (Wildman–Crippen MR) is 140 cm³/mol. The zero-order valence-electron chi connectivity index (χ0n) is 19.6. The molecule has 4 aromatic rings. The zero-order valence-corrected chi connectivity index (χ0v) is 23.6. The van der Waals surface area contributed by atoms with E-state index in [1.165, 1.54) is 29.3 Å². The fraction of sp³-hybridized carbons (Fsp3) is 0.172. The van der Waals surface area contributed by atoms with E-state index >= 15 is 0 Å². The van der Waals surface area contributed by atoms with Crippen LogP contribution in [0.1, 0.15) is 38.8 Å². The summed E-state index contributed by atoms with van der Waals surface area (Å²) >= 11 is 3.28. The van der Waals surface area contributed by atoms with Crippen LogP contribution in [0.5, 0.6) is 0 Å². The van der Waals surface area contributed by atoms with E-state index in [0.717, 1.165) is 15.7 Å². The summed E-state index contributed by atoms with van der Waals surface area (Å²) in [6.07, 6.45) is 3.06. The molecule has 0 saturated carbocycles. The van der Waals surface area contributed by atoms with Crippen LogP contribution in [0.3, 0.4) is 0 Å². The molecule has 1 radical (unpaired) electrons. The minimum Gasteiger partial charge on any atom is -0.507 e. The standard InChI is InChI=1S/C19H18N.C10H9BrO2.Ir/c1-19(2,3)16-10-8-15(9-11-16)18-17-7-5-4-6-14(17)12-13-20-18;1-7(12)6-10(13)8-2-4-9(11)5-3-8;/h4-8,10-13H,1-3H3;2-6,13H,1H3;/q-1;;. The number of ketones is 1. The topological polar surface area (TPSA) is 50.2 Å². The van der Waals surface area contributed by atoms with Gasteiger partial charge in [0.05, 0.1) is 0 Å². The number of benzene rings is 3. The first-order chi connectivity index (χ1) is 15.6. The molecule has 0 fully saturated rings. The summed E-state index contributed by atoms with van der Waals surface area (Å²) in [4.78, 5) is 15.2. The third kappa shape index (κ3) is 7.46. The van der Waals surface area contributed by atoms with Crippen molar-refractivity contribution in [3.05, 3.63) is 107 Å². The SMILES string of the molecule is CC(=O)C=C(O)c1ccc(Br)cc1.CC(C)(C)c1c[c-]c(-c2nccc3ccccc23)cc1.[Ir]. The Hall–Kier alpha value is -2.59. The quantitative estimate of drug-likeness (QED) is 0.135. The number of fused-ring (bicyclic) bond motifs is 1. The van der Waals surface area contributed by atoms with Crippen LogP contribution in [0, 0.1) is 6.07 Å². The Morgan fingerprint density at radius 3 is 2.26 bits per heavy atom. The van der Waals surface area contributed by atoms with Gasteiger partial charge in [-0.2, -0.15) is 0 Å². The minimum atomic E-state index is -0.166. The van der Waals surface area contributed by atoms with Crippen LogP contribution in [0.2, 0.25) is 0 Å². The van der Waals surface area contributed by atoms with E-state index in [9.17, 15) is 9.90 Å². The van der Waals surface area contributed by atoms with E-state index in [1.807, 2.05) is 12.3 Å². The number of allylic oxidation sites excluding steroid dienone is 1. The Morgan fingerprint density at radius 1 is 1.00 bits per heavy atom. The fourth-order valence-electron chi connectivity index (χ4n) is 3.27. The second-order valence-electron chi connectivity index (χ2n) is 8.77. The van der Waals surface area contributed by atoms with Gasteiger partial charge in [-0.05, 0) is 47.0 Å². The molecule has 0 unspecified atom stereocenters. The van der Waals surface area contributed by atoms with E-state index in [-0.39, 0.29) is 37.1 Å². The van der Waals surface area contributed by atoms with Gasteiger partial charge in [0.25, 0.3) is 0 Å². The third-order valence-corrected chi connectivity index (χ3v) is 5.62. The molecular formula is C29H27BrIrNO2-. The summed E-state index contributed by atoms with van der Waals surface area (Å²) in [5.74, 6) is -0.166. The van der Waals surface area contributed by atoms with E-state index in [1.54, 1.807) is 24.3 Å². The molecule has 1 aromatic heterocycles. The number of aliphatic hydroxyl groups excluding tert-OH is 1. The van der Waals surface area contributed by atoms with E-state index in [4.69, 9.17) is 0 Å². The van der Waals surface area contributed by atoms with Crippen molar-refractivity contribution in [3.63, 3.8) is 0 Å². The molecule has 0 amide bonds. The average molecular weight is 694 g/mol. The smallest absolute Gasteiger partial charge is 0.156 e. The van der Waals surface area contributed by atoms with Gasteiger partial charge in [-0.25, -0.2) is 0 Å². The first-order valence-corrected chi connectivity index (χ1v) is 11.5. The molecule has 0 aliphatic rings. The Labute approximate surface area is 223 Å². The summed E-state index contributed by atoms with van der Waals surface area (Å²) in [7, 11) is 0. The van der Waals surface area contributed by atoms with Crippen LogP contribution >= 0.6 is 15.9 Å². The van der Waals surface area contributed by atoms with Crippen molar-refractivity contribution in [3.8, 4) is 11.3 Å². The summed E-state index contributed by atoms with van der Waals surface area (Å²) in [5.41, 5.74) is 4.14. The van der Waals surface area contributed by atoms with Gasteiger partial charge in [-0.15, -0.1) is 35.4 Å². The first kappa shape index (κ1) is 27.7. The molecule has 3 nitrogen and oxygen atoms in total. The molecule has 1 heterocycles. The number of halogens is 1. The molecule has 0 spiro atoms. The molecule has 0 atom stereocenters. The Kier molecular flexibility index (Phi) is 9.93. The number of hydrogen-bond acceptors (Lipinski definition) is 3. The summed E-state index contributed by atoms with van der Waals surface area (Å²) in [5, 5.41) is 11.8. The molecule has 34 heavy (non-hydrogen) atoms. The summed E-state index contributed by atoms with van der Waals surface area (Å²) in [6, 6.07) is 27.2. The maximum absolute atomic E-state index is 10.6. The maximum atomic E-state index is 10.6. The van der Waals surface area contributed by atoms with Gasteiger partial charge in [-0.1, -0.05) is 73.1 Å². The van der Waals surface area contributed by atoms with Crippen molar-refractivity contribution in [1.82, 2.24) is 4.98 Å².